The van der Waals surface area contributed by atoms with Crippen molar-refractivity contribution in [3.63, 3.8) is 0 Å². The Morgan fingerprint density at radius 1 is 1.40 bits per heavy atom. The predicted molar refractivity (Wildman–Crippen MR) is 59.0 cm³/mol. The lowest BCUT2D eigenvalue weighted by Gasteiger charge is -2.07. The number of pyridine rings is 1. The van der Waals surface area contributed by atoms with E-state index < -0.39 is 0 Å². The zero-order valence-electron chi connectivity index (χ0n) is 8.99. The maximum atomic E-state index is 4.44. The third-order valence-electron chi connectivity index (χ3n) is 2.96. The zero-order valence-corrected chi connectivity index (χ0v) is 8.99. The van der Waals surface area contributed by atoms with Crippen LogP contribution in [0.25, 0.3) is 5.65 Å². The van der Waals surface area contributed by atoms with Crippen LogP contribution < -0.4 is 5.32 Å². The van der Waals surface area contributed by atoms with Crippen molar-refractivity contribution in [3.05, 3.63) is 23.9 Å². The van der Waals surface area contributed by atoms with Crippen molar-refractivity contribution in [2.24, 2.45) is 0 Å². The standard InChI is InChI=1S/C11H14N4/c1-8-4-3-5-9-12-10(14-15(8)9)13-11(2)6-7-11/h3-5H,6-7H2,1-2H3,(H,13,14). The fraction of sp³-hybridized carbons (Fsp3) is 0.455. The highest BCUT2D eigenvalue weighted by atomic mass is 15.4. The van der Waals surface area contributed by atoms with Gasteiger partial charge in [-0.3, -0.25) is 0 Å². The van der Waals surface area contributed by atoms with E-state index in [-0.39, 0.29) is 5.54 Å². The first-order valence-electron chi connectivity index (χ1n) is 5.27. The molecule has 0 unspecified atom stereocenters. The number of fused-ring (bicyclic) bond motifs is 1. The quantitative estimate of drug-likeness (QED) is 0.810. The van der Waals surface area contributed by atoms with Gasteiger partial charge in [-0.15, -0.1) is 5.10 Å². The number of aryl methyl sites for hydroxylation is 1. The Kier molecular flexibility index (Phi) is 1.58. The second kappa shape index (κ2) is 2.72. The minimum atomic E-state index is 0.235. The number of hydrogen-bond donors (Lipinski definition) is 1. The molecule has 15 heavy (non-hydrogen) atoms. The number of hydrogen-bond acceptors (Lipinski definition) is 3. The average Bonchev–Trinajstić information content (AvgIpc) is 2.77. The van der Waals surface area contributed by atoms with Gasteiger partial charge in [0.15, 0.2) is 5.65 Å². The number of aromatic nitrogens is 3. The molecule has 0 bridgehead atoms. The Morgan fingerprint density at radius 3 is 2.87 bits per heavy atom. The van der Waals surface area contributed by atoms with E-state index in [9.17, 15) is 0 Å². The molecule has 0 radical (unpaired) electrons. The SMILES string of the molecule is Cc1cccc2nc(NC3(C)CC3)nn12. The first kappa shape index (κ1) is 8.71. The molecular formula is C11H14N4. The number of nitrogens with zero attached hydrogens (tertiary/aromatic N) is 3. The summed E-state index contributed by atoms with van der Waals surface area (Å²) in [6.07, 6.45) is 2.42. The first-order chi connectivity index (χ1) is 7.16. The van der Waals surface area contributed by atoms with E-state index in [0.717, 1.165) is 17.3 Å². The Bertz CT molecular complexity index is 510. The zero-order chi connectivity index (χ0) is 10.5. The fourth-order valence-corrected chi connectivity index (χ4v) is 1.67. The molecule has 1 saturated carbocycles. The van der Waals surface area contributed by atoms with Gasteiger partial charge in [0.25, 0.3) is 0 Å². The smallest absolute Gasteiger partial charge is 0.243 e. The number of rotatable bonds is 2. The molecule has 3 rings (SSSR count). The van der Waals surface area contributed by atoms with Gasteiger partial charge in [0.05, 0.1) is 0 Å². The van der Waals surface area contributed by atoms with E-state index in [0.29, 0.717) is 0 Å². The third kappa shape index (κ3) is 1.46. The molecule has 2 aromatic heterocycles. The summed E-state index contributed by atoms with van der Waals surface area (Å²) in [6.45, 7) is 4.23. The lowest BCUT2D eigenvalue weighted by molar-refractivity contribution is 0.803. The highest BCUT2D eigenvalue weighted by molar-refractivity contribution is 5.46. The van der Waals surface area contributed by atoms with E-state index in [1.54, 1.807) is 0 Å². The molecule has 0 aliphatic heterocycles. The van der Waals surface area contributed by atoms with Gasteiger partial charge in [0.1, 0.15) is 0 Å². The molecule has 1 N–H and O–H groups in total. The fourth-order valence-electron chi connectivity index (χ4n) is 1.67. The van der Waals surface area contributed by atoms with Crippen LogP contribution >= 0.6 is 0 Å². The van der Waals surface area contributed by atoms with Gasteiger partial charge in [-0.1, -0.05) is 6.07 Å². The highest BCUT2D eigenvalue weighted by Crippen LogP contribution is 2.37. The molecule has 0 amide bonds. The monoisotopic (exact) mass is 202 g/mol. The molecule has 0 atom stereocenters. The molecule has 2 aromatic rings. The van der Waals surface area contributed by atoms with Crippen molar-refractivity contribution in [1.29, 1.82) is 0 Å². The van der Waals surface area contributed by atoms with Crippen LogP contribution in [-0.4, -0.2) is 20.1 Å². The molecule has 1 fully saturated rings. The summed E-state index contributed by atoms with van der Waals surface area (Å²) in [7, 11) is 0. The van der Waals surface area contributed by atoms with E-state index in [1.165, 1.54) is 12.8 Å². The van der Waals surface area contributed by atoms with Crippen molar-refractivity contribution in [1.82, 2.24) is 14.6 Å². The van der Waals surface area contributed by atoms with Crippen LogP contribution in [-0.2, 0) is 0 Å². The molecule has 0 spiro atoms. The topological polar surface area (TPSA) is 42.2 Å². The molecule has 4 heteroatoms. The van der Waals surface area contributed by atoms with Crippen molar-refractivity contribution >= 4 is 11.6 Å². The normalized spacial score (nSPS) is 18.0. The second-order valence-corrected chi connectivity index (χ2v) is 4.56. The maximum absolute atomic E-state index is 4.44. The summed E-state index contributed by atoms with van der Waals surface area (Å²) in [4.78, 5) is 4.44. The Morgan fingerprint density at radius 2 is 2.20 bits per heavy atom. The summed E-state index contributed by atoms with van der Waals surface area (Å²) < 4.78 is 1.87. The predicted octanol–water partition coefficient (Wildman–Crippen LogP) is 2.00. The molecule has 78 valence electrons. The molecular weight excluding hydrogens is 188 g/mol. The minimum absolute atomic E-state index is 0.235. The van der Waals surface area contributed by atoms with Gasteiger partial charge < -0.3 is 5.32 Å². The largest absolute Gasteiger partial charge is 0.348 e. The molecule has 1 aliphatic carbocycles. The van der Waals surface area contributed by atoms with E-state index in [2.05, 4.69) is 22.3 Å². The first-order valence-corrected chi connectivity index (χ1v) is 5.27. The molecule has 2 heterocycles. The van der Waals surface area contributed by atoms with Gasteiger partial charge >= 0.3 is 0 Å². The summed E-state index contributed by atoms with van der Waals surface area (Å²) in [6, 6.07) is 6.01. The number of anilines is 1. The van der Waals surface area contributed by atoms with Crippen LogP contribution in [0.4, 0.5) is 5.95 Å². The third-order valence-corrected chi connectivity index (χ3v) is 2.96. The Balaban J connectivity index is 2.02. The van der Waals surface area contributed by atoms with Crippen molar-refractivity contribution in [2.45, 2.75) is 32.2 Å². The number of nitrogens with one attached hydrogen (secondary N) is 1. The van der Waals surface area contributed by atoms with Gasteiger partial charge in [-0.2, -0.15) is 4.98 Å². The summed E-state index contributed by atoms with van der Waals surface area (Å²) >= 11 is 0. The van der Waals surface area contributed by atoms with Crippen LogP contribution in [0.1, 0.15) is 25.5 Å². The average molecular weight is 202 g/mol. The molecule has 0 saturated heterocycles. The van der Waals surface area contributed by atoms with Crippen LogP contribution in [0, 0.1) is 6.92 Å². The van der Waals surface area contributed by atoms with Gasteiger partial charge in [-0.25, -0.2) is 4.52 Å². The summed E-state index contributed by atoms with van der Waals surface area (Å²) in [5, 5.41) is 7.80. The van der Waals surface area contributed by atoms with Gasteiger partial charge in [-0.05, 0) is 38.8 Å². The van der Waals surface area contributed by atoms with E-state index >= 15 is 0 Å². The molecule has 4 nitrogen and oxygen atoms in total. The van der Waals surface area contributed by atoms with E-state index in [4.69, 9.17) is 0 Å². The summed E-state index contributed by atoms with van der Waals surface area (Å²) in [5.74, 6) is 0.740. The molecule has 0 aromatic carbocycles. The van der Waals surface area contributed by atoms with Crippen molar-refractivity contribution in [3.8, 4) is 0 Å². The minimum Gasteiger partial charge on any atom is -0.348 e. The Labute approximate surface area is 88.3 Å². The molecule has 1 aliphatic rings. The van der Waals surface area contributed by atoms with Gasteiger partial charge in [0.2, 0.25) is 5.95 Å². The Hall–Kier alpha value is -1.58. The highest BCUT2D eigenvalue weighted by Gasteiger charge is 2.38. The van der Waals surface area contributed by atoms with Crippen LogP contribution in [0.15, 0.2) is 18.2 Å². The second-order valence-electron chi connectivity index (χ2n) is 4.56. The lowest BCUT2D eigenvalue weighted by Crippen LogP contribution is -2.16. The van der Waals surface area contributed by atoms with Crippen LogP contribution in [0.2, 0.25) is 0 Å². The summed E-state index contributed by atoms with van der Waals surface area (Å²) in [5.41, 5.74) is 2.24. The lowest BCUT2D eigenvalue weighted by atomic mass is 10.3. The van der Waals surface area contributed by atoms with Crippen molar-refractivity contribution < 1.29 is 0 Å². The maximum Gasteiger partial charge on any atom is 0.243 e. The van der Waals surface area contributed by atoms with Crippen LogP contribution in [0.5, 0.6) is 0 Å². The van der Waals surface area contributed by atoms with Crippen molar-refractivity contribution in [2.75, 3.05) is 5.32 Å². The van der Waals surface area contributed by atoms with Gasteiger partial charge in [0, 0.05) is 11.2 Å². The van der Waals surface area contributed by atoms with E-state index in [1.807, 2.05) is 29.6 Å². The van der Waals surface area contributed by atoms with Crippen LogP contribution in [0.3, 0.4) is 0 Å².